The van der Waals surface area contributed by atoms with E-state index in [1.807, 2.05) is 0 Å². The number of nitrogens with one attached hydrogen (secondary N) is 1. The molecule has 2 nitrogen and oxygen atoms in total. The van der Waals surface area contributed by atoms with Crippen LogP contribution in [0.1, 0.15) is 21.5 Å². The van der Waals surface area contributed by atoms with Gasteiger partial charge >= 0.3 is 6.18 Å². The van der Waals surface area contributed by atoms with E-state index in [0.717, 1.165) is 6.07 Å². The zero-order chi connectivity index (χ0) is 11.2. The molecule has 1 heterocycles. The van der Waals surface area contributed by atoms with E-state index >= 15 is 0 Å². The van der Waals surface area contributed by atoms with Crippen molar-refractivity contribution >= 4 is 5.91 Å². The van der Waals surface area contributed by atoms with Crippen LogP contribution in [0.15, 0.2) is 12.1 Å². The number of halogens is 4. The second-order valence-electron chi connectivity index (χ2n) is 3.17. The summed E-state index contributed by atoms with van der Waals surface area (Å²) >= 11 is 0. The summed E-state index contributed by atoms with van der Waals surface area (Å²) in [5.41, 5.74) is -1.64. The zero-order valence-corrected chi connectivity index (χ0v) is 7.28. The molecule has 0 saturated heterocycles. The van der Waals surface area contributed by atoms with Crippen molar-refractivity contribution in [1.29, 1.82) is 0 Å². The molecule has 6 heteroatoms. The summed E-state index contributed by atoms with van der Waals surface area (Å²) in [6, 6.07) is 1.27. The highest BCUT2D eigenvalue weighted by molar-refractivity contribution is 5.99. The zero-order valence-electron chi connectivity index (χ0n) is 7.28. The molecule has 1 amide bonds. The number of hydrogen-bond acceptors (Lipinski definition) is 1. The van der Waals surface area contributed by atoms with Crippen LogP contribution in [0.4, 0.5) is 17.6 Å². The molecule has 0 radical (unpaired) electrons. The van der Waals surface area contributed by atoms with Gasteiger partial charge in [0.25, 0.3) is 5.91 Å². The van der Waals surface area contributed by atoms with Gasteiger partial charge in [0, 0.05) is 6.54 Å². The van der Waals surface area contributed by atoms with Gasteiger partial charge in [-0.05, 0) is 17.7 Å². The summed E-state index contributed by atoms with van der Waals surface area (Å²) in [7, 11) is 0. The van der Waals surface area contributed by atoms with Crippen molar-refractivity contribution in [1.82, 2.24) is 5.32 Å². The van der Waals surface area contributed by atoms with Crippen molar-refractivity contribution < 1.29 is 22.4 Å². The minimum absolute atomic E-state index is 0.0484. The second kappa shape index (κ2) is 2.95. The molecule has 0 aliphatic carbocycles. The summed E-state index contributed by atoms with van der Waals surface area (Å²) in [5.74, 6) is -1.80. The molecule has 0 unspecified atom stereocenters. The summed E-state index contributed by atoms with van der Waals surface area (Å²) < 4.78 is 50.2. The fourth-order valence-corrected chi connectivity index (χ4v) is 1.56. The van der Waals surface area contributed by atoms with Crippen LogP contribution in [0.5, 0.6) is 0 Å². The van der Waals surface area contributed by atoms with E-state index in [2.05, 4.69) is 5.32 Å². The van der Waals surface area contributed by atoms with Crippen LogP contribution in [-0.4, -0.2) is 5.91 Å². The first kappa shape index (κ1) is 9.95. The van der Waals surface area contributed by atoms with E-state index < -0.39 is 29.0 Å². The molecule has 1 aliphatic heterocycles. The van der Waals surface area contributed by atoms with Gasteiger partial charge in [0.05, 0.1) is 11.1 Å². The van der Waals surface area contributed by atoms with E-state index in [1.54, 1.807) is 0 Å². The first-order valence-electron chi connectivity index (χ1n) is 4.07. The topological polar surface area (TPSA) is 29.1 Å². The molecule has 15 heavy (non-hydrogen) atoms. The summed E-state index contributed by atoms with van der Waals surface area (Å²) in [6.07, 6.45) is -4.71. The Balaban J connectivity index is 2.69. The monoisotopic (exact) mass is 219 g/mol. The minimum Gasteiger partial charge on any atom is -0.348 e. The maximum absolute atomic E-state index is 12.8. The predicted octanol–water partition coefficient (Wildman–Crippen LogP) is 2.09. The maximum atomic E-state index is 12.8. The molecule has 0 aromatic heterocycles. The molecule has 0 saturated carbocycles. The average molecular weight is 219 g/mol. The van der Waals surface area contributed by atoms with Crippen molar-refractivity contribution in [2.75, 3.05) is 0 Å². The Hall–Kier alpha value is -1.59. The summed E-state index contributed by atoms with van der Waals surface area (Å²) in [5, 5.41) is 2.22. The Morgan fingerprint density at radius 2 is 1.93 bits per heavy atom. The highest BCUT2D eigenvalue weighted by Crippen LogP contribution is 2.35. The Kier molecular flexibility index (Phi) is 1.95. The maximum Gasteiger partial charge on any atom is 0.417 e. The average Bonchev–Trinajstić information content (AvgIpc) is 2.44. The third kappa shape index (κ3) is 1.55. The van der Waals surface area contributed by atoms with Crippen molar-refractivity contribution in [3.63, 3.8) is 0 Å². The van der Waals surface area contributed by atoms with Crippen molar-refractivity contribution in [2.24, 2.45) is 0 Å². The van der Waals surface area contributed by atoms with Gasteiger partial charge in [-0.3, -0.25) is 4.79 Å². The molecule has 1 aromatic rings. The first-order chi connectivity index (χ1) is 6.89. The number of fused-ring (bicyclic) bond motifs is 1. The normalized spacial score (nSPS) is 15.1. The van der Waals surface area contributed by atoms with Gasteiger partial charge in [-0.2, -0.15) is 13.2 Å². The SMILES string of the molecule is O=C1NCc2cc(F)cc(C(F)(F)F)c21. The number of carbonyl (C=O) groups excluding carboxylic acids is 1. The van der Waals surface area contributed by atoms with E-state index in [-0.39, 0.29) is 12.1 Å². The highest BCUT2D eigenvalue weighted by Gasteiger charge is 2.38. The van der Waals surface area contributed by atoms with Crippen LogP contribution in [0.3, 0.4) is 0 Å². The molecule has 0 fully saturated rings. The van der Waals surface area contributed by atoms with E-state index in [9.17, 15) is 22.4 Å². The third-order valence-electron chi connectivity index (χ3n) is 2.16. The Morgan fingerprint density at radius 3 is 2.53 bits per heavy atom. The van der Waals surface area contributed by atoms with Crippen LogP contribution in [0, 0.1) is 5.82 Å². The van der Waals surface area contributed by atoms with Crippen LogP contribution in [0.2, 0.25) is 0 Å². The van der Waals surface area contributed by atoms with E-state index in [4.69, 9.17) is 0 Å². The number of hydrogen-bond donors (Lipinski definition) is 1. The standard InChI is InChI=1S/C9H5F4NO/c10-5-1-4-3-14-8(15)7(4)6(2-5)9(11,12)13/h1-2H,3H2,(H,14,15). The van der Waals surface area contributed by atoms with Gasteiger partial charge in [-0.1, -0.05) is 0 Å². The predicted molar refractivity (Wildman–Crippen MR) is 42.6 cm³/mol. The van der Waals surface area contributed by atoms with Crippen molar-refractivity contribution in [3.8, 4) is 0 Å². The lowest BCUT2D eigenvalue weighted by Gasteiger charge is -2.10. The molecule has 1 aromatic carbocycles. The lowest BCUT2D eigenvalue weighted by atomic mass is 10.0. The number of amides is 1. The largest absolute Gasteiger partial charge is 0.417 e. The van der Waals surface area contributed by atoms with Crippen LogP contribution >= 0.6 is 0 Å². The molecule has 1 N–H and O–H groups in total. The fraction of sp³-hybridized carbons (Fsp3) is 0.222. The second-order valence-corrected chi connectivity index (χ2v) is 3.17. The van der Waals surface area contributed by atoms with Crippen molar-refractivity contribution in [3.05, 3.63) is 34.6 Å². The molecular weight excluding hydrogens is 214 g/mol. The molecule has 2 rings (SSSR count). The highest BCUT2D eigenvalue weighted by atomic mass is 19.4. The van der Waals surface area contributed by atoms with E-state index in [1.165, 1.54) is 0 Å². The molecule has 80 valence electrons. The quantitative estimate of drug-likeness (QED) is 0.665. The van der Waals surface area contributed by atoms with Crippen LogP contribution in [-0.2, 0) is 12.7 Å². The van der Waals surface area contributed by atoms with Gasteiger partial charge in [0.1, 0.15) is 5.82 Å². The summed E-state index contributed by atoms with van der Waals surface area (Å²) in [6.45, 7) is -0.0605. The number of carbonyl (C=O) groups is 1. The lowest BCUT2D eigenvalue weighted by molar-refractivity contribution is -0.138. The Morgan fingerprint density at radius 1 is 1.27 bits per heavy atom. The fourth-order valence-electron chi connectivity index (χ4n) is 1.56. The van der Waals surface area contributed by atoms with Gasteiger partial charge < -0.3 is 5.32 Å². The minimum atomic E-state index is -4.71. The number of benzene rings is 1. The molecule has 0 spiro atoms. The Bertz CT molecular complexity index is 438. The van der Waals surface area contributed by atoms with Gasteiger partial charge in [-0.15, -0.1) is 0 Å². The Labute approximate surface area is 81.9 Å². The van der Waals surface area contributed by atoms with Crippen molar-refractivity contribution in [2.45, 2.75) is 12.7 Å². The third-order valence-corrected chi connectivity index (χ3v) is 2.16. The van der Waals surface area contributed by atoms with Crippen LogP contribution < -0.4 is 5.32 Å². The van der Waals surface area contributed by atoms with Gasteiger partial charge in [0.2, 0.25) is 0 Å². The molecule has 1 aliphatic rings. The summed E-state index contributed by atoms with van der Waals surface area (Å²) in [4.78, 5) is 11.1. The molecule has 0 atom stereocenters. The van der Waals surface area contributed by atoms with E-state index in [0.29, 0.717) is 6.07 Å². The molecular formula is C9H5F4NO. The molecule has 0 bridgehead atoms. The lowest BCUT2D eigenvalue weighted by Crippen LogP contribution is -2.17. The number of alkyl halides is 3. The first-order valence-corrected chi connectivity index (χ1v) is 4.07. The number of rotatable bonds is 0. The van der Waals surface area contributed by atoms with Gasteiger partial charge in [-0.25, -0.2) is 4.39 Å². The smallest absolute Gasteiger partial charge is 0.348 e. The van der Waals surface area contributed by atoms with Crippen LogP contribution in [0.25, 0.3) is 0 Å². The van der Waals surface area contributed by atoms with Gasteiger partial charge in [0.15, 0.2) is 0 Å².